The van der Waals surface area contributed by atoms with Crippen LogP contribution in [0.15, 0.2) is 12.1 Å². The number of hydrogen-bond donors (Lipinski definition) is 1. The third-order valence-corrected chi connectivity index (χ3v) is 1.97. The average Bonchev–Trinajstić information content (AvgIpc) is 2.08. The Balaban J connectivity index is 3.35. The molecule has 0 amide bonds. The van der Waals surface area contributed by atoms with Gasteiger partial charge in [0.25, 0.3) is 5.69 Å². The zero-order chi connectivity index (χ0) is 10.9. The minimum atomic E-state index is -0.557. The number of aryl methyl sites for hydroxylation is 1. The van der Waals surface area contributed by atoms with Gasteiger partial charge in [-0.05, 0) is 19.4 Å². The van der Waals surface area contributed by atoms with E-state index in [1.807, 2.05) is 0 Å². The van der Waals surface area contributed by atoms with Gasteiger partial charge in [0.2, 0.25) is 0 Å². The summed E-state index contributed by atoms with van der Waals surface area (Å²) >= 11 is 0. The Hall–Kier alpha value is -1.49. The van der Waals surface area contributed by atoms with Crippen molar-refractivity contribution in [3.63, 3.8) is 0 Å². The molecule has 14 heavy (non-hydrogen) atoms. The lowest BCUT2D eigenvalue weighted by Gasteiger charge is -2.08. The number of hydrogen-bond acceptors (Lipinski definition) is 3. The minimum absolute atomic E-state index is 0.129. The molecule has 0 spiro atoms. The van der Waals surface area contributed by atoms with Crippen molar-refractivity contribution in [1.82, 2.24) is 0 Å². The minimum Gasteiger partial charge on any atom is -0.324 e. The van der Waals surface area contributed by atoms with Crippen molar-refractivity contribution in [3.05, 3.63) is 39.2 Å². The van der Waals surface area contributed by atoms with Crippen LogP contribution in [0.4, 0.5) is 10.1 Å². The van der Waals surface area contributed by atoms with Crippen LogP contribution in [0.25, 0.3) is 0 Å². The highest BCUT2D eigenvalue weighted by molar-refractivity contribution is 5.41. The van der Waals surface area contributed by atoms with Gasteiger partial charge in [0, 0.05) is 23.7 Å². The number of nitrogens with zero attached hydrogens (tertiary/aromatic N) is 1. The number of non-ortho nitro benzene ring substituents is 1. The van der Waals surface area contributed by atoms with E-state index >= 15 is 0 Å². The van der Waals surface area contributed by atoms with Gasteiger partial charge >= 0.3 is 0 Å². The van der Waals surface area contributed by atoms with Gasteiger partial charge in [0.15, 0.2) is 0 Å². The van der Waals surface area contributed by atoms with E-state index in [1.165, 1.54) is 19.1 Å². The molecule has 0 aliphatic rings. The average molecular weight is 198 g/mol. The van der Waals surface area contributed by atoms with Crippen molar-refractivity contribution >= 4 is 5.69 Å². The van der Waals surface area contributed by atoms with E-state index in [9.17, 15) is 14.5 Å². The molecule has 0 aliphatic carbocycles. The van der Waals surface area contributed by atoms with Crippen LogP contribution in [0, 0.1) is 22.9 Å². The second-order valence-corrected chi connectivity index (χ2v) is 3.21. The van der Waals surface area contributed by atoms with Crippen LogP contribution in [0.5, 0.6) is 0 Å². The predicted octanol–water partition coefficient (Wildman–Crippen LogP) is 2.06. The summed E-state index contributed by atoms with van der Waals surface area (Å²) in [6.07, 6.45) is 0. The Labute approximate surface area is 80.7 Å². The van der Waals surface area contributed by atoms with Crippen LogP contribution in [-0.2, 0) is 0 Å². The van der Waals surface area contributed by atoms with Gasteiger partial charge in [0.1, 0.15) is 5.82 Å². The topological polar surface area (TPSA) is 69.2 Å². The predicted molar refractivity (Wildman–Crippen MR) is 50.4 cm³/mol. The van der Waals surface area contributed by atoms with Gasteiger partial charge in [-0.15, -0.1) is 0 Å². The Morgan fingerprint density at radius 1 is 1.57 bits per heavy atom. The third-order valence-electron chi connectivity index (χ3n) is 1.97. The Morgan fingerprint density at radius 3 is 2.57 bits per heavy atom. The lowest BCUT2D eigenvalue weighted by molar-refractivity contribution is -0.385. The number of rotatable bonds is 2. The molecule has 0 saturated heterocycles. The molecule has 4 nitrogen and oxygen atoms in total. The monoisotopic (exact) mass is 198 g/mol. The fraction of sp³-hybridized carbons (Fsp3) is 0.333. The number of nitro groups is 1. The first-order chi connectivity index (χ1) is 6.43. The van der Waals surface area contributed by atoms with Crippen LogP contribution in [0.1, 0.15) is 24.1 Å². The molecule has 1 unspecified atom stereocenters. The first-order valence-electron chi connectivity index (χ1n) is 4.13. The molecule has 0 fully saturated rings. The van der Waals surface area contributed by atoms with E-state index in [4.69, 9.17) is 5.73 Å². The molecule has 1 atom stereocenters. The van der Waals surface area contributed by atoms with Crippen LogP contribution in [0.2, 0.25) is 0 Å². The second kappa shape index (κ2) is 3.71. The summed E-state index contributed by atoms with van der Waals surface area (Å²) in [4.78, 5) is 9.92. The third kappa shape index (κ3) is 1.88. The molecule has 2 N–H and O–H groups in total. The van der Waals surface area contributed by atoms with Gasteiger partial charge in [-0.3, -0.25) is 10.1 Å². The molecule has 0 heterocycles. The van der Waals surface area contributed by atoms with Gasteiger partial charge in [-0.25, -0.2) is 4.39 Å². The summed E-state index contributed by atoms with van der Waals surface area (Å²) < 4.78 is 13.4. The Kier molecular flexibility index (Phi) is 2.81. The number of halogens is 1. The molecular weight excluding hydrogens is 187 g/mol. The lowest BCUT2D eigenvalue weighted by Crippen LogP contribution is -2.09. The highest BCUT2D eigenvalue weighted by atomic mass is 19.1. The van der Waals surface area contributed by atoms with Crippen LogP contribution < -0.4 is 5.73 Å². The maximum absolute atomic E-state index is 13.4. The van der Waals surface area contributed by atoms with Crippen LogP contribution in [-0.4, -0.2) is 4.92 Å². The molecule has 76 valence electrons. The Morgan fingerprint density at radius 2 is 2.14 bits per heavy atom. The maximum Gasteiger partial charge on any atom is 0.270 e. The molecule has 1 rings (SSSR count). The summed E-state index contributed by atoms with van der Waals surface area (Å²) in [6.45, 7) is 3.07. The number of benzene rings is 1. The zero-order valence-corrected chi connectivity index (χ0v) is 7.95. The number of nitro benzene ring substituents is 1. The fourth-order valence-electron chi connectivity index (χ4n) is 1.21. The summed E-state index contributed by atoms with van der Waals surface area (Å²) in [5.74, 6) is -0.467. The van der Waals surface area contributed by atoms with Crippen molar-refractivity contribution in [2.75, 3.05) is 0 Å². The quantitative estimate of drug-likeness (QED) is 0.584. The van der Waals surface area contributed by atoms with E-state index in [-0.39, 0.29) is 16.8 Å². The molecule has 0 aliphatic heterocycles. The SMILES string of the molecule is Cc1cc([N+](=O)[O-])cc(C(C)N)c1F. The zero-order valence-electron chi connectivity index (χ0n) is 7.95. The normalized spacial score (nSPS) is 12.6. The Bertz CT molecular complexity index is 377. The number of nitrogens with two attached hydrogens (primary N) is 1. The highest BCUT2D eigenvalue weighted by Gasteiger charge is 2.16. The molecule has 0 radical (unpaired) electrons. The highest BCUT2D eigenvalue weighted by Crippen LogP contribution is 2.24. The van der Waals surface area contributed by atoms with E-state index < -0.39 is 16.8 Å². The van der Waals surface area contributed by atoms with Crippen molar-refractivity contribution in [1.29, 1.82) is 0 Å². The molecule has 0 bridgehead atoms. The summed E-state index contributed by atoms with van der Waals surface area (Å²) in [5.41, 5.74) is 5.78. The molecule has 1 aromatic rings. The van der Waals surface area contributed by atoms with Gasteiger partial charge in [-0.1, -0.05) is 0 Å². The molecule has 1 aromatic carbocycles. The van der Waals surface area contributed by atoms with Crippen molar-refractivity contribution in [2.24, 2.45) is 5.73 Å². The molecule has 0 aromatic heterocycles. The van der Waals surface area contributed by atoms with Crippen molar-refractivity contribution < 1.29 is 9.31 Å². The summed E-state index contributed by atoms with van der Waals surface area (Å²) in [7, 11) is 0. The van der Waals surface area contributed by atoms with Gasteiger partial charge < -0.3 is 5.73 Å². The van der Waals surface area contributed by atoms with E-state index in [0.717, 1.165) is 0 Å². The lowest BCUT2D eigenvalue weighted by atomic mass is 10.0. The second-order valence-electron chi connectivity index (χ2n) is 3.21. The van der Waals surface area contributed by atoms with Crippen LogP contribution >= 0.6 is 0 Å². The summed E-state index contributed by atoms with van der Waals surface area (Å²) in [5, 5.41) is 10.5. The maximum atomic E-state index is 13.4. The molecule has 0 saturated carbocycles. The van der Waals surface area contributed by atoms with Gasteiger partial charge in [-0.2, -0.15) is 0 Å². The fourth-order valence-corrected chi connectivity index (χ4v) is 1.21. The van der Waals surface area contributed by atoms with Crippen molar-refractivity contribution in [3.8, 4) is 0 Å². The van der Waals surface area contributed by atoms with Gasteiger partial charge in [0.05, 0.1) is 4.92 Å². The van der Waals surface area contributed by atoms with Crippen LogP contribution in [0.3, 0.4) is 0 Å². The van der Waals surface area contributed by atoms with E-state index in [1.54, 1.807) is 6.92 Å². The standard InChI is InChI=1S/C9H11FN2O2/c1-5-3-7(12(13)14)4-8(6(2)11)9(5)10/h3-4,6H,11H2,1-2H3. The first kappa shape index (κ1) is 10.6. The van der Waals surface area contributed by atoms with E-state index in [2.05, 4.69) is 0 Å². The largest absolute Gasteiger partial charge is 0.324 e. The van der Waals surface area contributed by atoms with E-state index in [0.29, 0.717) is 0 Å². The summed E-state index contributed by atoms with van der Waals surface area (Å²) in [6, 6.07) is 1.82. The molecule has 5 heteroatoms. The first-order valence-corrected chi connectivity index (χ1v) is 4.13. The van der Waals surface area contributed by atoms with Crippen molar-refractivity contribution in [2.45, 2.75) is 19.9 Å². The smallest absolute Gasteiger partial charge is 0.270 e. The molecular formula is C9H11FN2O2.